The van der Waals surface area contributed by atoms with E-state index in [0.29, 0.717) is 16.8 Å². The van der Waals surface area contributed by atoms with Crippen molar-refractivity contribution >= 4 is 27.5 Å². The normalized spacial score (nSPS) is 10.3. The zero-order valence-corrected chi connectivity index (χ0v) is 12.5. The van der Waals surface area contributed by atoms with Gasteiger partial charge in [-0.3, -0.25) is 4.79 Å². The summed E-state index contributed by atoms with van der Waals surface area (Å²) >= 11 is 3.33. The predicted octanol–water partition coefficient (Wildman–Crippen LogP) is 3.41. The second kappa shape index (κ2) is 6.05. The lowest BCUT2D eigenvalue weighted by atomic mass is 10.1. The van der Waals surface area contributed by atoms with Crippen molar-refractivity contribution in [2.24, 2.45) is 0 Å². The van der Waals surface area contributed by atoms with Gasteiger partial charge >= 0.3 is 0 Å². The van der Waals surface area contributed by atoms with Crippen molar-refractivity contribution in [3.63, 3.8) is 0 Å². The molecular weight excluding hydrogens is 323 g/mol. The molecule has 0 heterocycles. The summed E-state index contributed by atoms with van der Waals surface area (Å²) in [5.41, 5.74) is 8.32. The molecule has 104 valence electrons. The van der Waals surface area contributed by atoms with Crippen LogP contribution in [0.1, 0.15) is 21.5 Å². The molecule has 5 heteroatoms. The van der Waals surface area contributed by atoms with Crippen LogP contribution >= 0.6 is 15.9 Å². The quantitative estimate of drug-likeness (QED) is 0.844. The smallest absolute Gasteiger partial charge is 0.251 e. The van der Waals surface area contributed by atoms with Crippen molar-refractivity contribution < 1.29 is 9.18 Å². The van der Waals surface area contributed by atoms with Gasteiger partial charge in [-0.15, -0.1) is 0 Å². The standard InChI is InChI=1S/C15H14BrFN2O/c1-9-6-12(18)3-4-13(9)15(20)19-8-10-7-11(17)2-5-14(10)16/h2-7H,8,18H2,1H3,(H,19,20). The lowest BCUT2D eigenvalue weighted by Gasteiger charge is -2.09. The Kier molecular flexibility index (Phi) is 4.39. The average molecular weight is 337 g/mol. The molecule has 0 radical (unpaired) electrons. The number of hydrogen-bond acceptors (Lipinski definition) is 2. The first-order valence-corrected chi connectivity index (χ1v) is 6.85. The fourth-order valence-electron chi connectivity index (χ4n) is 1.89. The maximum absolute atomic E-state index is 13.2. The first-order valence-electron chi connectivity index (χ1n) is 6.05. The fourth-order valence-corrected chi connectivity index (χ4v) is 2.28. The Morgan fingerprint density at radius 3 is 2.75 bits per heavy atom. The summed E-state index contributed by atoms with van der Waals surface area (Å²) in [5, 5.41) is 2.77. The van der Waals surface area contributed by atoms with Gasteiger partial charge in [0.15, 0.2) is 0 Å². The van der Waals surface area contributed by atoms with Gasteiger partial charge < -0.3 is 11.1 Å². The fraction of sp³-hybridized carbons (Fsp3) is 0.133. The highest BCUT2D eigenvalue weighted by Gasteiger charge is 2.10. The molecule has 0 saturated heterocycles. The van der Waals surface area contributed by atoms with E-state index in [2.05, 4.69) is 21.2 Å². The first-order chi connectivity index (χ1) is 9.47. The minimum absolute atomic E-state index is 0.210. The van der Waals surface area contributed by atoms with E-state index in [1.807, 2.05) is 6.92 Å². The molecule has 0 unspecified atom stereocenters. The van der Waals surface area contributed by atoms with Gasteiger partial charge in [0, 0.05) is 22.3 Å². The molecular formula is C15H14BrFN2O. The summed E-state index contributed by atoms with van der Waals surface area (Å²) in [4.78, 5) is 12.1. The van der Waals surface area contributed by atoms with Crippen LogP contribution < -0.4 is 11.1 Å². The van der Waals surface area contributed by atoms with Crippen LogP contribution in [0.15, 0.2) is 40.9 Å². The minimum Gasteiger partial charge on any atom is -0.399 e. The van der Waals surface area contributed by atoms with Gasteiger partial charge in [-0.1, -0.05) is 15.9 Å². The van der Waals surface area contributed by atoms with Crippen LogP contribution in [0.25, 0.3) is 0 Å². The van der Waals surface area contributed by atoms with Crippen LogP contribution in [0.4, 0.5) is 10.1 Å². The van der Waals surface area contributed by atoms with Crippen molar-refractivity contribution in [3.05, 3.63) is 63.4 Å². The van der Waals surface area contributed by atoms with E-state index in [9.17, 15) is 9.18 Å². The monoisotopic (exact) mass is 336 g/mol. The van der Waals surface area contributed by atoms with Gasteiger partial charge in [0.25, 0.3) is 5.91 Å². The number of halogens is 2. The van der Waals surface area contributed by atoms with Crippen molar-refractivity contribution in [3.8, 4) is 0 Å². The van der Waals surface area contributed by atoms with E-state index in [-0.39, 0.29) is 18.3 Å². The highest BCUT2D eigenvalue weighted by Crippen LogP contribution is 2.18. The van der Waals surface area contributed by atoms with E-state index in [0.717, 1.165) is 10.0 Å². The van der Waals surface area contributed by atoms with Crippen molar-refractivity contribution in [1.82, 2.24) is 5.32 Å². The zero-order valence-electron chi connectivity index (χ0n) is 10.9. The Morgan fingerprint density at radius 2 is 2.05 bits per heavy atom. The third kappa shape index (κ3) is 3.36. The lowest BCUT2D eigenvalue weighted by Crippen LogP contribution is -2.23. The molecule has 0 aliphatic rings. The maximum atomic E-state index is 13.2. The number of anilines is 1. The molecule has 2 rings (SSSR count). The van der Waals surface area contributed by atoms with E-state index in [4.69, 9.17) is 5.73 Å². The Morgan fingerprint density at radius 1 is 1.30 bits per heavy atom. The second-order valence-corrected chi connectivity index (χ2v) is 5.35. The van der Waals surface area contributed by atoms with Gasteiger partial charge in [-0.2, -0.15) is 0 Å². The van der Waals surface area contributed by atoms with E-state index >= 15 is 0 Å². The van der Waals surface area contributed by atoms with Crippen molar-refractivity contribution in [1.29, 1.82) is 0 Å². The van der Waals surface area contributed by atoms with Crippen LogP contribution in [0.3, 0.4) is 0 Å². The number of rotatable bonds is 3. The average Bonchev–Trinajstić information content (AvgIpc) is 2.39. The molecule has 0 atom stereocenters. The highest BCUT2D eigenvalue weighted by atomic mass is 79.9. The van der Waals surface area contributed by atoms with E-state index < -0.39 is 0 Å². The Hall–Kier alpha value is -1.88. The van der Waals surface area contributed by atoms with Crippen LogP contribution in [-0.4, -0.2) is 5.91 Å². The summed E-state index contributed by atoms with van der Waals surface area (Å²) < 4.78 is 13.9. The molecule has 0 aliphatic carbocycles. The number of nitrogen functional groups attached to an aromatic ring is 1. The predicted molar refractivity (Wildman–Crippen MR) is 80.9 cm³/mol. The van der Waals surface area contributed by atoms with Gasteiger partial charge in [-0.05, 0) is 54.4 Å². The van der Waals surface area contributed by atoms with Crippen LogP contribution in [0, 0.1) is 12.7 Å². The molecule has 1 amide bonds. The van der Waals surface area contributed by atoms with E-state index in [1.54, 1.807) is 24.3 Å². The zero-order chi connectivity index (χ0) is 14.7. The number of carbonyl (C=O) groups is 1. The number of aryl methyl sites for hydroxylation is 1. The van der Waals surface area contributed by atoms with Crippen LogP contribution in [0.5, 0.6) is 0 Å². The van der Waals surface area contributed by atoms with Gasteiger partial charge in [0.2, 0.25) is 0 Å². The Balaban J connectivity index is 2.10. The second-order valence-electron chi connectivity index (χ2n) is 4.49. The highest BCUT2D eigenvalue weighted by molar-refractivity contribution is 9.10. The molecule has 0 bridgehead atoms. The summed E-state index contributed by atoms with van der Waals surface area (Å²) in [5.74, 6) is -0.542. The Labute approximate surface area is 125 Å². The molecule has 20 heavy (non-hydrogen) atoms. The Bertz CT molecular complexity index is 658. The summed E-state index contributed by atoms with van der Waals surface area (Å²) in [6, 6.07) is 9.47. The third-order valence-electron chi connectivity index (χ3n) is 2.94. The third-order valence-corrected chi connectivity index (χ3v) is 3.72. The molecule has 0 aliphatic heterocycles. The summed E-state index contributed by atoms with van der Waals surface area (Å²) in [6.45, 7) is 2.07. The van der Waals surface area contributed by atoms with E-state index in [1.165, 1.54) is 12.1 Å². The number of hydrogen-bond donors (Lipinski definition) is 2. The molecule has 3 N–H and O–H groups in total. The topological polar surface area (TPSA) is 55.1 Å². The number of nitrogens with two attached hydrogens (primary N) is 1. The largest absolute Gasteiger partial charge is 0.399 e. The van der Waals surface area contributed by atoms with Crippen LogP contribution in [-0.2, 0) is 6.54 Å². The van der Waals surface area contributed by atoms with Gasteiger partial charge in [0.1, 0.15) is 5.82 Å². The number of nitrogens with one attached hydrogen (secondary N) is 1. The molecule has 0 fully saturated rings. The number of amides is 1. The van der Waals surface area contributed by atoms with Gasteiger partial charge in [0.05, 0.1) is 0 Å². The molecule has 2 aromatic rings. The van der Waals surface area contributed by atoms with Gasteiger partial charge in [-0.25, -0.2) is 4.39 Å². The number of carbonyl (C=O) groups excluding carboxylic acids is 1. The first kappa shape index (κ1) is 14.5. The summed E-state index contributed by atoms with van der Waals surface area (Å²) in [7, 11) is 0. The molecule has 3 nitrogen and oxygen atoms in total. The molecule has 2 aromatic carbocycles. The molecule has 0 aromatic heterocycles. The lowest BCUT2D eigenvalue weighted by molar-refractivity contribution is 0.0950. The maximum Gasteiger partial charge on any atom is 0.251 e. The van der Waals surface area contributed by atoms with Crippen molar-refractivity contribution in [2.75, 3.05) is 5.73 Å². The molecule has 0 spiro atoms. The van der Waals surface area contributed by atoms with Crippen LogP contribution in [0.2, 0.25) is 0 Å². The minimum atomic E-state index is -0.332. The SMILES string of the molecule is Cc1cc(N)ccc1C(=O)NCc1cc(F)ccc1Br. The molecule has 0 saturated carbocycles. The van der Waals surface area contributed by atoms with Crippen molar-refractivity contribution in [2.45, 2.75) is 13.5 Å². The summed E-state index contributed by atoms with van der Waals surface area (Å²) in [6.07, 6.45) is 0. The number of benzene rings is 2.